The molecule has 0 bridgehead atoms. The fourth-order valence-electron chi connectivity index (χ4n) is 5.26. The van der Waals surface area contributed by atoms with Gasteiger partial charge in [0.25, 0.3) is 0 Å². The van der Waals surface area contributed by atoms with E-state index in [1.165, 1.54) is 0 Å². The number of urea groups is 1. The van der Waals surface area contributed by atoms with E-state index >= 15 is 0 Å². The van der Waals surface area contributed by atoms with Crippen molar-refractivity contribution in [2.45, 2.75) is 97.3 Å². The second-order valence-electron chi connectivity index (χ2n) is 11.4. The number of carbonyl (C=O) groups is 6. The number of unbranched alkanes of at least 4 members (excludes halogenated alkanes) is 1. The van der Waals surface area contributed by atoms with Gasteiger partial charge in [0.05, 0.1) is 17.7 Å². The maximum Gasteiger partial charge on any atom is 1.00 e. The first-order chi connectivity index (χ1) is 21.7. The maximum absolute atomic E-state index is 12.5. The summed E-state index contributed by atoms with van der Waals surface area (Å²) in [6.45, 7) is 5.51. The predicted molar refractivity (Wildman–Crippen MR) is 173 cm³/mol. The molecule has 2 unspecified atom stereocenters. The van der Waals surface area contributed by atoms with Crippen LogP contribution in [0.1, 0.15) is 96.5 Å². The topological polar surface area (TPSA) is 166 Å². The SMILES string of the molecule is CCCC(CCCCNC(=O)[N-]CCCOCC[N-]C(=O)CC(=O)[N-]c1ccc(CC(=O)C2CCCCC2=O)cc1)C(=O)CC.[Rb+].[Rb+].[Rb+]. The van der Waals surface area contributed by atoms with E-state index in [1.54, 1.807) is 24.3 Å². The van der Waals surface area contributed by atoms with Crippen LogP contribution in [0.5, 0.6) is 0 Å². The molecule has 1 aromatic carbocycles. The molecule has 1 aliphatic rings. The number of rotatable bonds is 22. The van der Waals surface area contributed by atoms with Gasteiger partial charge in [-0.3, -0.25) is 19.2 Å². The van der Waals surface area contributed by atoms with Gasteiger partial charge in [0.2, 0.25) is 0 Å². The first-order valence-electron chi connectivity index (χ1n) is 16.4. The van der Waals surface area contributed by atoms with E-state index in [1.807, 2.05) is 6.92 Å². The van der Waals surface area contributed by atoms with E-state index in [9.17, 15) is 28.8 Å². The third-order valence-corrected chi connectivity index (χ3v) is 7.74. The first kappa shape index (κ1) is 51.9. The zero-order valence-corrected chi connectivity index (χ0v) is 44.6. The van der Waals surface area contributed by atoms with E-state index in [4.69, 9.17) is 4.74 Å². The van der Waals surface area contributed by atoms with Gasteiger partial charge in [-0.05, 0) is 44.2 Å². The van der Waals surface area contributed by atoms with Gasteiger partial charge < -0.3 is 35.6 Å². The van der Waals surface area contributed by atoms with Crippen LogP contribution < -0.4 is 180 Å². The molecule has 0 saturated heterocycles. The number of benzene rings is 1. The van der Waals surface area contributed by atoms with Gasteiger partial charge in [0, 0.05) is 44.8 Å². The average Bonchev–Trinajstić information content (AvgIpc) is 3.02. The van der Waals surface area contributed by atoms with E-state index in [0.29, 0.717) is 56.9 Å². The second-order valence-corrected chi connectivity index (χ2v) is 11.4. The van der Waals surface area contributed by atoms with Crippen LogP contribution >= 0.6 is 0 Å². The molecule has 0 heterocycles. The average molecular weight is 882 g/mol. The Kier molecular flexibility index (Phi) is 34.9. The second kappa shape index (κ2) is 32.3. The summed E-state index contributed by atoms with van der Waals surface area (Å²) in [5.74, 6) is -1.31. The van der Waals surface area contributed by atoms with Crippen molar-refractivity contribution in [2.75, 3.05) is 32.8 Å². The molecule has 1 aliphatic carbocycles. The fraction of sp³-hybridized carbons (Fsp3) is 0.647. The minimum atomic E-state index is -0.617. The van der Waals surface area contributed by atoms with Crippen LogP contribution in [0.15, 0.2) is 24.3 Å². The van der Waals surface area contributed by atoms with Gasteiger partial charge in [-0.25, -0.2) is 0 Å². The summed E-state index contributed by atoms with van der Waals surface area (Å²) in [7, 11) is 0. The predicted octanol–water partition coefficient (Wildman–Crippen LogP) is -2.55. The molecular weight excluding hydrogens is 833 g/mol. The Morgan fingerprint density at radius 2 is 1.60 bits per heavy atom. The standard InChI is InChI=1S/C34H52N4O7.3Rb/c1-3-10-26(29(39)4-2)11-7-8-18-36-34(44)37-19-9-21-45-22-20-35-32(42)24-33(43)38-27-16-14-25(15-17-27)23-31(41)28-12-5-6-13-30(28)40;;;/h14-17,26,28H,3-13,18-24H2,1-2H3,(H4,35,36,37,38,42,43,44);;;/q;3*+1/p-3. The summed E-state index contributed by atoms with van der Waals surface area (Å²) < 4.78 is 5.42. The number of nitrogens with zero attached hydrogens (tertiary/aromatic N) is 3. The molecule has 250 valence electrons. The smallest absolute Gasteiger partial charge is 0.651 e. The van der Waals surface area contributed by atoms with Crippen LogP contribution in [0.25, 0.3) is 16.0 Å². The Labute approximate surface area is 433 Å². The molecule has 2 rings (SSSR count). The van der Waals surface area contributed by atoms with Crippen LogP contribution in [0.4, 0.5) is 10.5 Å². The van der Waals surface area contributed by atoms with Gasteiger partial charge in [-0.1, -0.05) is 70.3 Å². The molecule has 1 N–H and O–H groups in total. The Bertz CT molecular complexity index is 1120. The molecule has 0 radical (unpaired) electrons. The van der Waals surface area contributed by atoms with Gasteiger partial charge in [0.1, 0.15) is 17.3 Å². The van der Waals surface area contributed by atoms with Gasteiger partial charge in [0.15, 0.2) is 6.03 Å². The van der Waals surface area contributed by atoms with Gasteiger partial charge in [-0.2, -0.15) is 0 Å². The molecular formula is C34H49N4O7Rb3. The van der Waals surface area contributed by atoms with Gasteiger partial charge >= 0.3 is 175 Å². The van der Waals surface area contributed by atoms with Crippen molar-refractivity contribution < 1.29 is 208 Å². The Balaban J connectivity index is 0. The van der Waals surface area contributed by atoms with Crippen molar-refractivity contribution in [1.82, 2.24) is 5.32 Å². The number of Topliss-reactive ketones (excluding diaryl/α,β-unsaturated/α-hetero) is 3. The number of ketones is 3. The molecule has 48 heavy (non-hydrogen) atoms. The molecule has 4 amide bonds. The summed E-state index contributed by atoms with van der Waals surface area (Å²) >= 11 is 0. The zero-order chi connectivity index (χ0) is 32.9. The summed E-state index contributed by atoms with van der Waals surface area (Å²) in [5, 5.41) is 14.4. The number of ether oxygens (including phenoxy) is 1. The van der Waals surface area contributed by atoms with Crippen LogP contribution in [0.2, 0.25) is 0 Å². The van der Waals surface area contributed by atoms with E-state index in [-0.39, 0.29) is 218 Å². The minimum Gasteiger partial charge on any atom is -0.651 e. The molecule has 1 saturated carbocycles. The molecule has 1 aromatic rings. The zero-order valence-electron chi connectivity index (χ0n) is 29.9. The fourth-order valence-corrected chi connectivity index (χ4v) is 5.26. The van der Waals surface area contributed by atoms with E-state index in [2.05, 4.69) is 28.2 Å². The largest absolute Gasteiger partial charge is 1.00 e. The van der Waals surface area contributed by atoms with Gasteiger partial charge in [-0.15, -0.1) is 12.2 Å². The normalized spacial score (nSPS) is 14.2. The quantitative estimate of drug-likeness (QED) is 0.0990. The Morgan fingerprint density at radius 3 is 2.27 bits per heavy atom. The monoisotopic (exact) mass is 880 g/mol. The van der Waals surface area contributed by atoms with Crippen molar-refractivity contribution in [2.24, 2.45) is 11.8 Å². The van der Waals surface area contributed by atoms with Crippen LogP contribution in [0, 0.1) is 11.8 Å². The summed E-state index contributed by atoms with van der Waals surface area (Å²) in [6, 6.07) is 6.25. The molecule has 0 aliphatic heterocycles. The molecule has 2 atom stereocenters. The molecule has 0 aromatic heterocycles. The van der Waals surface area contributed by atoms with E-state index in [0.717, 1.165) is 50.5 Å². The summed E-state index contributed by atoms with van der Waals surface area (Å²) in [6.07, 6.45) is 8.15. The van der Waals surface area contributed by atoms with Crippen molar-refractivity contribution in [1.29, 1.82) is 0 Å². The molecule has 11 nitrogen and oxygen atoms in total. The molecule has 14 heteroatoms. The van der Waals surface area contributed by atoms with Crippen molar-refractivity contribution in [3.63, 3.8) is 0 Å². The van der Waals surface area contributed by atoms with Crippen molar-refractivity contribution in [3.05, 3.63) is 45.8 Å². The number of carbonyl (C=O) groups excluding carboxylic acids is 6. The van der Waals surface area contributed by atoms with Crippen LogP contribution in [-0.2, 0) is 35.1 Å². The van der Waals surface area contributed by atoms with Crippen molar-refractivity contribution in [3.8, 4) is 0 Å². The Hall–Kier alpha value is 1.82. The number of hydrogen-bond acceptors (Lipinski definition) is 7. The number of hydrogen-bond donors (Lipinski definition) is 1. The number of nitrogens with one attached hydrogen (secondary N) is 1. The molecule has 1 fully saturated rings. The maximum atomic E-state index is 12.5. The minimum absolute atomic E-state index is 0. The third-order valence-electron chi connectivity index (χ3n) is 7.74. The summed E-state index contributed by atoms with van der Waals surface area (Å²) in [4.78, 5) is 72.4. The molecule has 0 spiro atoms. The van der Waals surface area contributed by atoms with Crippen LogP contribution in [0.3, 0.4) is 0 Å². The number of amides is 4. The van der Waals surface area contributed by atoms with Crippen LogP contribution in [-0.4, -0.2) is 68.0 Å². The first-order valence-corrected chi connectivity index (χ1v) is 16.4. The van der Waals surface area contributed by atoms with E-state index < -0.39 is 24.2 Å². The third kappa shape index (κ3) is 23.5. The Morgan fingerprint density at radius 1 is 0.875 bits per heavy atom. The van der Waals surface area contributed by atoms with Crippen molar-refractivity contribution >= 4 is 40.9 Å². The summed E-state index contributed by atoms with van der Waals surface area (Å²) in [5.41, 5.74) is 1.12.